The topological polar surface area (TPSA) is 110 Å². The van der Waals surface area contributed by atoms with Crippen LogP contribution in [0.2, 0.25) is 5.02 Å². The Hall–Kier alpha value is -2.46. The summed E-state index contributed by atoms with van der Waals surface area (Å²) in [6.07, 6.45) is 2.28. The minimum atomic E-state index is -0.919. The standard InChI is InChI=1S/C24H28ClN5O3S/c1-24(33)7-5-16(27-22(32)23-29-17-6-8-30(2)12-20(17)34-23)19(11-24)28-21(31)18-10-13-9-14(25)3-4-15(13)26-18/h3-4,9-10,16,19,26,33H,5-8,11-12H2,1-2H3,(H,27,32)(H,28,31)/t16-,19+,24?/m1/s1. The van der Waals surface area contributed by atoms with Crippen LogP contribution in [0.25, 0.3) is 10.9 Å². The summed E-state index contributed by atoms with van der Waals surface area (Å²) < 4.78 is 0. The summed E-state index contributed by atoms with van der Waals surface area (Å²) in [5, 5.41) is 18.7. The SMILES string of the molecule is CN1CCc2nc(C(=O)N[C@@H]3CCC(C)(O)C[C@@H]3NC(=O)c3cc4cc(Cl)ccc4[nH]3)sc2C1. The molecule has 1 saturated carbocycles. The smallest absolute Gasteiger partial charge is 0.280 e. The molecule has 2 aromatic heterocycles. The van der Waals surface area contributed by atoms with Crippen LogP contribution in [0, 0.1) is 0 Å². The summed E-state index contributed by atoms with van der Waals surface area (Å²) >= 11 is 7.50. The maximum atomic E-state index is 13.1. The fourth-order valence-electron chi connectivity index (χ4n) is 4.83. The van der Waals surface area contributed by atoms with Crippen molar-refractivity contribution in [3.63, 3.8) is 0 Å². The molecule has 1 aromatic carbocycles. The van der Waals surface area contributed by atoms with Crippen LogP contribution in [0.15, 0.2) is 24.3 Å². The molecule has 1 aliphatic heterocycles. The van der Waals surface area contributed by atoms with Crippen LogP contribution in [0.5, 0.6) is 0 Å². The van der Waals surface area contributed by atoms with Gasteiger partial charge < -0.3 is 25.6 Å². The van der Waals surface area contributed by atoms with Crippen molar-refractivity contribution >= 4 is 45.7 Å². The Morgan fingerprint density at radius 3 is 2.88 bits per heavy atom. The van der Waals surface area contributed by atoms with E-state index in [9.17, 15) is 14.7 Å². The molecule has 5 rings (SSSR count). The molecule has 3 aromatic rings. The number of hydrogen-bond acceptors (Lipinski definition) is 6. The average molecular weight is 502 g/mol. The van der Waals surface area contributed by atoms with Gasteiger partial charge in [0.05, 0.1) is 17.3 Å². The summed E-state index contributed by atoms with van der Waals surface area (Å²) in [7, 11) is 2.06. The van der Waals surface area contributed by atoms with E-state index in [0.29, 0.717) is 35.0 Å². The highest BCUT2D eigenvalue weighted by atomic mass is 35.5. The Kier molecular flexibility index (Phi) is 6.14. The van der Waals surface area contributed by atoms with Gasteiger partial charge in [-0.3, -0.25) is 9.59 Å². The molecule has 180 valence electrons. The van der Waals surface area contributed by atoms with E-state index in [-0.39, 0.29) is 17.9 Å². The first-order valence-electron chi connectivity index (χ1n) is 11.5. The molecule has 34 heavy (non-hydrogen) atoms. The highest BCUT2D eigenvalue weighted by Gasteiger charge is 2.38. The van der Waals surface area contributed by atoms with Gasteiger partial charge in [0, 0.05) is 46.4 Å². The summed E-state index contributed by atoms with van der Waals surface area (Å²) in [5.74, 6) is -0.518. The number of nitrogens with one attached hydrogen (secondary N) is 3. The van der Waals surface area contributed by atoms with E-state index in [4.69, 9.17) is 11.6 Å². The summed E-state index contributed by atoms with van der Waals surface area (Å²) in [6, 6.07) is 6.41. The van der Waals surface area contributed by atoms with Crippen molar-refractivity contribution in [1.29, 1.82) is 0 Å². The zero-order chi connectivity index (χ0) is 24.0. The van der Waals surface area contributed by atoms with E-state index in [2.05, 4.69) is 32.5 Å². The number of H-pyrrole nitrogens is 1. The van der Waals surface area contributed by atoms with Crippen LogP contribution in [0.1, 0.15) is 57.0 Å². The quantitative estimate of drug-likeness (QED) is 0.439. The first-order chi connectivity index (χ1) is 16.2. The number of thiazole rings is 1. The molecule has 2 amide bonds. The molecule has 1 unspecified atom stereocenters. The maximum Gasteiger partial charge on any atom is 0.280 e. The highest BCUT2D eigenvalue weighted by Crippen LogP contribution is 2.30. The van der Waals surface area contributed by atoms with Crippen molar-refractivity contribution in [2.24, 2.45) is 0 Å². The van der Waals surface area contributed by atoms with Gasteiger partial charge in [0.15, 0.2) is 5.01 Å². The third-order valence-electron chi connectivity index (χ3n) is 6.72. The van der Waals surface area contributed by atoms with Crippen LogP contribution in [-0.4, -0.2) is 63.1 Å². The first-order valence-corrected chi connectivity index (χ1v) is 12.7. The monoisotopic (exact) mass is 501 g/mol. The molecule has 0 bridgehead atoms. The van der Waals surface area contributed by atoms with Gasteiger partial charge in [-0.15, -0.1) is 11.3 Å². The molecule has 4 N–H and O–H groups in total. The van der Waals surface area contributed by atoms with Crippen molar-refractivity contribution in [3.05, 3.63) is 50.6 Å². The molecule has 0 saturated heterocycles. The third kappa shape index (κ3) is 4.84. The number of benzene rings is 1. The fourth-order valence-corrected chi connectivity index (χ4v) is 6.10. The van der Waals surface area contributed by atoms with Crippen molar-refractivity contribution in [2.45, 2.75) is 56.8 Å². The fraction of sp³-hybridized carbons (Fsp3) is 0.458. The predicted molar refractivity (Wildman–Crippen MR) is 132 cm³/mol. The number of aliphatic hydroxyl groups is 1. The van der Waals surface area contributed by atoms with Crippen LogP contribution in [0.3, 0.4) is 0 Å². The van der Waals surface area contributed by atoms with Gasteiger partial charge >= 0.3 is 0 Å². The maximum absolute atomic E-state index is 13.1. The predicted octanol–water partition coefficient (Wildman–Crippen LogP) is 3.10. The van der Waals surface area contributed by atoms with E-state index in [1.54, 1.807) is 25.1 Å². The number of rotatable bonds is 4. The Morgan fingerprint density at radius 1 is 1.26 bits per heavy atom. The van der Waals surface area contributed by atoms with Crippen LogP contribution < -0.4 is 10.6 Å². The van der Waals surface area contributed by atoms with Crippen molar-refractivity contribution in [3.8, 4) is 0 Å². The van der Waals surface area contributed by atoms with Gasteiger partial charge in [-0.1, -0.05) is 11.6 Å². The molecule has 3 heterocycles. The lowest BCUT2D eigenvalue weighted by molar-refractivity contribution is 0.000645. The van der Waals surface area contributed by atoms with E-state index >= 15 is 0 Å². The normalized spacial score (nSPS) is 25.2. The Morgan fingerprint density at radius 2 is 2.06 bits per heavy atom. The van der Waals surface area contributed by atoms with Gasteiger partial charge in [-0.25, -0.2) is 4.98 Å². The molecule has 10 heteroatoms. The molecule has 1 aliphatic carbocycles. The van der Waals surface area contributed by atoms with Crippen molar-refractivity contribution < 1.29 is 14.7 Å². The van der Waals surface area contributed by atoms with Crippen molar-refractivity contribution in [1.82, 2.24) is 25.5 Å². The first kappa shape index (κ1) is 23.3. The molecule has 0 radical (unpaired) electrons. The number of hydrogen-bond donors (Lipinski definition) is 4. The highest BCUT2D eigenvalue weighted by molar-refractivity contribution is 7.13. The summed E-state index contributed by atoms with van der Waals surface area (Å²) in [5.41, 5.74) is 1.30. The number of carbonyl (C=O) groups excluding carboxylic acids is 2. The third-order valence-corrected chi connectivity index (χ3v) is 8.03. The Balaban J connectivity index is 1.31. The second kappa shape index (κ2) is 8.96. The van der Waals surface area contributed by atoms with Crippen LogP contribution in [-0.2, 0) is 13.0 Å². The zero-order valence-electron chi connectivity index (χ0n) is 19.2. The summed E-state index contributed by atoms with van der Waals surface area (Å²) in [6.45, 7) is 3.51. The lowest BCUT2D eigenvalue weighted by Crippen LogP contribution is -2.57. The van der Waals surface area contributed by atoms with Crippen LogP contribution in [0.4, 0.5) is 0 Å². The number of halogens is 1. The van der Waals surface area contributed by atoms with Crippen LogP contribution >= 0.6 is 22.9 Å². The molecule has 2 aliphatic rings. The second-order valence-corrected chi connectivity index (χ2v) is 11.2. The van der Waals surface area contributed by atoms with E-state index in [1.807, 2.05) is 6.07 Å². The lowest BCUT2D eigenvalue weighted by atomic mass is 9.80. The number of nitrogens with zero attached hydrogens (tertiary/aromatic N) is 2. The summed E-state index contributed by atoms with van der Waals surface area (Å²) in [4.78, 5) is 37.1. The van der Waals surface area contributed by atoms with Gasteiger partial charge in [-0.2, -0.15) is 0 Å². The average Bonchev–Trinajstić information content (AvgIpc) is 3.38. The van der Waals surface area contributed by atoms with E-state index in [0.717, 1.165) is 41.0 Å². The molecule has 0 spiro atoms. The van der Waals surface area contributed by atoms with Gasteiger partial charge in [0.2, 0.25) is 0 Å². The molecular weight excluding hydrogens is 474 g/mol. The molecule has 3 atom stereocenters. The van der Waals surface area contributed by atoms with E-state index in [1.165, 1.54) is 11.3 Å². The second-order valence-electron chi connectivity index (χ2n) is 9.69. The molecule has 1 fully saturated rings. The Bertz CT molecular complexity index is 1250. The van der Waals surface area contributed by atoms with Gasteiger partial charge in [0.25, 0.3) is 11.8 Å². The lowest BCUT2D eigenvalue weighted by Gasteiger charge is -2.40. The number of amides is 2. The number of fused-ring (bicyclic) bond motifs is 2. The number of aromatic nitrogens is 2. The van der Waals surface area contributed by atoms with Crippen molar-refractivity contribution in [2.75, 3.05) is 13.6 Å². The number of likely N-dealkylation sites (N-methyl/N-ethyl adjacent to an activating group) is 1. The minimum Gasteiger partial charge on any atom is -0.390 e. The molecular formula is C24H28ClN5O3S. The van der Waals surface area contributed by atoms with Gasteiger partial charge in [0.1, 0.15) is 5.69 Å². The van der Waals surface area contributed by atoms with E-state index < -0.39 is 11.6 Å². The molecule has 8 nitrogen and oxygen atoms in total. The zero-order valence-corrected chi connectivity index (χ0v) is 20.7. The number of aromatic amines is 1. The van der Waals surface area contributed by atoms with Gasteiger partial charge in [-0.05, 0) is 57.5 Å². The minimum absolute atomic E-state index is 0.229. The number of carbonyl (C=O) groups is 2. The Labute approximate surface area is 206 Å². The largest absolute Gasteiger partial charge is 0.390 e.